The summed E-state index contributed by atoms with van der Waals surface area (Å²) >= 11 is 0. The number of alkyl halides is 3. The standard InChI is InChI=1S/C18H20F3NO3/c1-10-8-14-13-7-5-4-6-12(13)9-17(14,16(24)25-3)22(11(10)2)15(23)18(19,20)21/h4-7,10-11,14H,8-9H2,1-3H3. The summed E-state index contributed by atoms with van der Waals surface area (Å²) in [6.07, 6.45) is -4.49. The van der Waals surface area contributed by atoms with Gasteiger partial charge < -0.3 is 9.64 Å². The van der Waals surface area contributed by atoms with E-state index in [-0.39, 0.29) is 12.3 Å². The molecule has 25 heavy (non-hydrogen) atoms. The van der Waals surface area contributed by atoms with Crippen LogP contribution in [-0.4, -0.2) is 41.6 Å². The van der Waals surface area contributed by atoms with E-state index in [9.17, 15) is 22.8 Å². The summed E-state index contributed by atoms with van der Waals surface area (Å²) in [6.45, 7) is 3.38. The van der Waals surface area contributed by atoms with Crippen LogP contribution < -0.4 is 0 Å². The predicted molar refractivity (Wildman–Crippen MR) is 83.8 cm³/mol. The Balaban J connectivity index is 2.22. The van der Waals surface area contributed by atoms with Gasteiger partial charge in [0.25, 0.3) is 0 Å². The minimum absolute atomic E-state index is 0.0411. The highest BCUT2D eigenvalue weighted by Gasteiger charge is 2.65. The minimum atomic E-state index is -5.05. The number of fused-ring (bicyclic) bond motifs is 3. The number of methoxy groups -OCH3 is 1. The van der Waals surface area contributed by atoms with Crippen molar-refractivity contribution in [3.05, 3.63) is 35.4 Å². The second-order valence-corrected chi connectivity index (χ2v) is 6.97. The van der Waals surface area contributed by atoms with Crippen LogP contribution in [0, 0.1) is 5.92 Å². The van der Waals surface area contributed by atoms with Crippen LogP contribution in [0.15, 0.2) is 24.3 Å². The van der Waals surface area contributed by atoms with E-state index in [0.717, 1.165) is 23.1 Å². The van der Waals surface area contributed by atoms with Crippen molar-refractivity contribution in [2.24, 2.45) is 5.92 Å². The Morgan fingerprint density at radius 3 is 2.48 bits per heavy atom. The van der Waals surface area contributed by atoms with Crippen molar-refractivity contribution in [2.45, 2.75) is 50.4 Å². The summed E-state index contributed by atoms with van der Waals surface area (Å²) in [5.74, 6) is -3.45. The van der Waals surface area contributed by atoms with Gasteiger partial charge in [0, 0.05) is 18.4 Å². The third-order valence-corrected chi connectivity index (χ3v) is 5.74. The Labute approximate surface area is 143 Å². The van der Waals surface area contributed by atoms with Gasteiger partial charge in [-0.3, -0.25) is 4.79 Å². The Morgan fingerprint density at radius 2 is 1.88 bits per heavy atom. The third-order valence-electron chi connectivity index (χ3n) is 5.74. The van der Waals surface area contributed by atoms with Gasteiger partial charge in [-0.05, 0) is 30.4 Å². The number of halogens is 3. The molecular formula is C18H20F3NO3. The van der Waals surface area contributed by atoms with Gasteiger partial charge in [-0.15, -0.1) is 0 Å². The predicted octanol–water partition coefficient (Wildman–Crippen LogP) is 3.06. The molecule has 1 fully saturated rings. The van der Waals surface area contributed by atoms with Crippen molar-refractivity contribution >= 4 is 11.9 Å². The average Bonchev–Trinajstić information content (AvgIpc) is 2.89. The van der Waals surface area contributed by atoms with Crippen LogP contribution >= 0.6 is 0 Å². The number of carbonyl (C=O) groups is 2. The van der Waals surface area contributed by atoms with Crippen molar-refractivity contribution in [3.8, 4) is 0 Å². The molecule has 1 amide bonds. The second-order valence-electron chi connectivity index (χ2n) is 6.97. The first kappa shape index (κ1) is 17.8. The summed E-state index contributed by atoms with van der Waals surface area (Å²) in [4.78, 5) is 25.8. The van der Waals surface area contributed by atoms with E-state index in [4.69, 9.17) is 4.74 Å². The molecule has 4 unspecified atom stereocenters. The molecule has 7 heteroatoms. The van der Waals surface area contributed by atoms with Gasteiger partial charge in [-0.2, -0.15) is 13.2 Å². The number of nitrogens with zero attached hydrogens (tertiary/aromatic N) is 1. The zero-order chi connectivity index (χ0) is 18.6. The maximum atomic E-state index is 13.3. The lowest BCUT2D eigenvalue weighted by atomic mass is 9.70. The molecule has 1 aromatic carbocycles. The molecule has 0 radical (unpaired) electrons. The van der Waals surface area contributed by atoms with Gasteiger partial charge in [-0.25, -0.2) is 4.79 Å². The van der Waals surface area contributed by atoms with Crippen LogP contribution in [0.4, 0.5) is 13.2 Å². The maximum absolute atomic E-state index is 13.3. The van der Waals surface area contributed by atoms with Crippen molar-refractivity contribution in [1.82, 2.24) is 4.90 Å². The highest BCUT2D eigenvalue weighted by molar-refractivity contribution is 5.93. The van der Waals surface area contributed by atoms with Crippen LogP contribution in [0.2, 0.25) is 0 Å². The molecule has 4 nitrogen and oxygen atoms in total. The first-order valence-corrected chi connectivity index (χ1v) is 8.21. The van der Waals surface area contributed by atoms with E-state index in [0.29, 0.717) is 6.42 Å². The number of piperidine rings is 1. The fraction of sp³-hybridized carbons (Fsp3) is 0.556. The lowest BCUT2D eigenvalue weighted by molar-refractivity contribution is -0.205. The Hall–Kier alpha value is -2.05. The first-order valence-electron chi connectivity index (χ1n) is 8.21. The molecule has 136 valence electrons. The lowest BCUT2D eigenvalue weighted by Gasteiger charge is -2.52. The van der Waals surface area contributed by atoms with E-state index >= 15 is 0 Å². The van der Waals surface area contributed by atoms with E-state index in [1.807, 2.05) is 13.0 Å². The van der Waals surface area contributed by atoms with Crippen LogP contribution in [0.3, 0.4) is 0 Å². The Morgan fingerprint density at radius 1 is 1.24 bits per heavy atom. The molecule has 1 saturated heterocycles. The highest BCUT2D eigenvalue weighted by atomic mass is 19.4. The lowest BCUT2D eigenvalue weighted by Crippen LogP contribution is -2.69. The summed E-state index contributed by atoms with van der Waals surface area (Å²) in [6, 6.07) is 6.47. The zero-order valence-electron chi connectivity index (χ0n) is 14.3. The summed E-state index contributed by atoms with van der Waals surface area (Å²) in [5, 5.41) is 0. The van der Waals surface area contributed by atoms with Crippen molar-refractivity contribution in [3.63, 3.8) is 0 Å². The Kier molecular flexibility index (Phi) is 4.08. The SMILES string of the molecule is COC(=O)C12Cc3ccccc3C1CC(C)C(C)N2C(=O)C(F)(F)F. The quantitative estimate of drug-likeness (QED) is 0.728. The number of amides is 1. The van der Waals surface area contributed by atoms with Crippen LogP contribution in [0.25, 0.3) is 0 Å². The highest BCUT2D eigenvalue weighted by Crippen LogP contribution is 2.54. The minimum Gasteiger partial charge on any atom is -0.467 e. The molecule has 2 aliphatic rings. The number of benzene rings is 1. The third kappa shape index (κ3) is 2.43. The summed E-state index contributed by atoms with van der Waals surface area (Å²) < 4.78 is 44.8. The number of ether oxygens (including phenoxy) is 1. The van der Waals surface area contributed by atoms with Gasteiger partial charge in [0.2, 0.25) is 0 Å². The van der Waals surface area contributed by atoms with Crippen molar-refractivity contribution < 1.29 is 27.5 Å². The monoisotopic (exact) mass is 355 g/mol. The molecule has 4 atom stereocenters. The van der Waals surface area contributed by atoms with Gasteiger partial charge in [-0.1, -0.05) is 31.2 Å². The van der Waals surface area contributed by atoms with Crippen LogP contribution in [0.5, 0.6) is 0 Å². The molecule has 1 aliphatic heterocycles. The van der Waals surface area contributed by atoms with Crippen LogP contribution in [-0.2, 0) is 20.7 Å². The zero-order valence-corrected chi connectivity index (χ0v) is 14.3. The molecule has 0 saturated carbocycles. The van der Waals surface area contributed by atoms with E-state index in [1.165, 1.54) is 0 Å². The van der Waals surface area contributed by atoms with E-state index < -0.39 is 35.6 Å². The molecule has 0 N–H and O–H groups in total. The van der Waals surface area contributed by atoms with Crippen molar-refractivity contribution in [2.75, 3.05) is 7.11 Å². The van der Waals surface area contributed by atoms with Crippen LogP contribution in [0.1, 0.15) is 37.3 Å². The molecular weight excluding hydrogens is 335 g/mol. The Bertz CT molecular complexity index is 718. The molecule has 1 heterocycles. The number of likely N-dealkylation sites (tertiary alicyclic amines) is 1. The summed E-state index contributed by atoms with van der Waals surface area (Å²) in [5.41, 5.74) is -0.0254. The van der Waals surface area contributed by atoms with E-state index in [2.05, 4.69) is 0 Å². The average molecular weight is 355 g/mol. The van der Waals surface area contributed by atoms with E-state index in [1.54, 1.807) is 25.1 Å². The molecule has 1 aliphatic carbocycles. The van der Waals surface area contributed by atoms with Gasteiger partial charge in [0.1, 0.15) is 0 Å². The number of carbonyl (C=O) groups excluding carboxylic acids is 2. The second kappa shape index (κ2) is 5.75. The first-order chi connectivity index (χ1) is 11.6. The topological polar surface area (TPSA) is 46.6 Å². The molecule has 0 aromatic heterocycles. The number of hydrogen-bond donors (Lipinski definition) is 0. The number of rotatable bonds is 1. The van der Waals surface area contributed by atoms with Gasteiger partial charge in [0.05, 0.1) is 7.11 Å². The molecule has 0 bridgehead atoms. The smallest absolute Gasteiger partial charge is 0.467 e. The number of hydrogen-bond acceptors (Lipinski definition) is 3. The van der Waals surface area contributed by atoms with Crippen molar-refractivity contribution in [1.29, 1.82) is 0 Å². The molecule has 0 spiro atoms. The molecule has 1 aromatic rings. The largest absolute Gasteiger partial charge is 0.471 e. The maximum Gasteiger partial charge on any atom is 0.471 e. The molecule has 3 rings (SSSR count). The van der Waals surface area contributed by atoms with Gasteiger partial charge >= 0.3 is 18.1 Å². The van der Waals surface area contributed by atoms with Gasteiger partial charge in [0.15, 0.2) is 5.54 Å². The fourth-order valence-corrected chi connectivity index (χ4v) is 4.46. The summed E-state index contributed by atoms with van der Waals surface area (Å²) in [7, 11) is 1.15. The fourth-order valence-electron chi connectivity index (χ4n) is 4.46. The number of esters is 1. The normalized spacial score (nSPS) is 31.3.